The van der Waals surface area contributed by atoms with Crippen molar-refractivity contribution in [3.8, 4) is 12.1 Å². The molecule has 1 unspecified atom stereocenters. The van der Waals surface area contributed by atoms with Crippen molar-refractivity contribution >= 4 is 23.2 Å². The van der Waals surface area contributed by atoms with E-state index in [0.29, 0.717) is 32.1 Å². The van der Waals surface area contributed by atoms with E-state index >= 15 is 0 Å². The second-order valence-electron chi connectivity index (χ2n) is 10.9. The molecule has 0 amide bonds. The number of ether oxygens (including phenoxy) is 6. The molecule has 3 aliphatic heterocycles. The minimum Gasteiger partial charge on any atom is -0.347 e. The van der Waals surface area contributed by atoms with E-state index in [4.69, 9.17) is 51.6 Å². The summed E-state index contributed by atoms with van der Waals surface area (Å²) in [6.07, 6.45) is 0.520. The molecule has 6 atom stereocenters. The molecule has 0 spiro atoms. The van der Waals surface area contributed by atoms with Crippen LogP contribution in [0.2, 0.25) is 0 Å². The van der Waals surface area contributed by atoms with Gasteiger partial charge >= 0.3 is 0 Å². The molecule has 3 rings (SSSR count). The van der Waals surface area contributed by atoms with Crippen LogP contribution in [0.5, 0.6) is 0 Å². The van der Waals surface area contributed by atoms with Gasteiger partial charge in [0, 0.05) is 43.9 Å². The van der Waals surface area contributed by atoms with Crippen molar-refractivity contribution in [3.05, 3.63) is 0 Å². The molecule has 0 aromatic carbocycles. The molecule has 0 N–H and O–H groups in total. The molecular formula is C24H36Cl2N2O6. The number of rotatable bonds is 6. The van der Waals surface area contributed by atoms with Crippen LogP contribution in [0.15, 0.2) is 0 Å². The summed E-state index contributed by atoms with van der Waals surface area (Å²) in [4.78, 5) is 0. The molecule has 192 valence electrons. The van der Waals surface area contributed by atoms with Crippen LogP contribution in [0.4, 0.5) is 0 Å². The van der Waals surface area contributed by atoms with E-state index in [2.05, 4.69) is 12.1 Å². The second-order valence-corrected chi connectivity index (χ2v) is 11.6. The van der Waals surface area contributed by atoms with Crippen LogP contribution < -0.4 is 0 Å². The minimum absolute atomic E-state index is 0.264. The Balaban J connectivity index is 1.79. The lowest BCUT2D eigenvalue weighted by Gasteiger charge is -2.49. The Bertz CT molecular complexity index is 761. The standard InChI is InChI=1S/C24H36Cl2N2O6/c1-20(2)29-16(8-23(14-27)10-18(12-25)31-21(3,4)33-23)7-17(30-20)9-24(15-28)11-19(13-26)32-22(5,6)34-24/h16-19H,7-13H2,1-6H3/t16-,17?,18+,19+,23+,24+/m0/s1. The van der Waals surface area contributed by atoms with Gasteiger partial charge in [-0.3, -0.25) is 0 Å². The molecule has 3 aliphatic rings. The third kappa shape index (κ3) is 6.75. The second kappa shape index (κ2) is 10.00. The maximum atomic E-state index is 10.1. The quantitative estimate of drug-likeness (QED) is 0.463. The van der Waals surface area contributed by atoms with Gasteiger partial charge in [0.05, 0.1) is 36.6 Å². The zero-order chi connectivity index (χ0) is 25.4. The zero-order valence-corrected chi connectivity index (χ0v) is 22.4. The normalized spacial score (nSPS) is 41.2. The molecule has 8 nitrogen and oxygen atoms in total. The molecule has 3 fully saturated rings. The summed E-state index contributed by atoms with van der Waals surface area (Å²) in [6, 6.07) is 4.72. The summed E-state index contributed by atoms with van der Waals surface area (Å²) < 4.78 is 36.4. The first-order valence-electron chi connectivity index (χ1n) is 11.7. The number of alkyl halides is 2. The number of hydrogen-bond donors (Lipinski definition) is 0. The third-order valence-corrected chi connectivity index (χ3v) is 6.88. The Labute approximate surface area is 212 Å². The third-order valence-electron chi connectivity index (χ3n) is 6.19. The van der Waals surface area contributed by atoms with Crippen LogP contribution in [-0.2, 0) is 28.4 Å². The Kier molecular flexibility index (Phi) is 8.20. The van der Waals surface area contributed by atoms with E-state index in [9.17, 15) is 10.5 Å². The lowest BCUT2D eigenvalue weighted by atomic mass is 9.84. The van der Waals surface area contributed by atoms with Crippen molar-refractivity contribution in [1.29, 1.82) is 10.5 Å². The summed E-state index contributed by atoms with van der Waals surface area (Å²) in [5.41, 5.74) is -2.23. The van der Waals surface area contributed by atoms with Crippen LogP contribution in [0.3, 0.4) is 0 Å². The van der Waals surface area contributed by atoms with Crippen LogP contribution in [0.25, 0.3) is 0 Å². The van der Waals surface area contributed by atoms with Gasteiger partial charge in [0.15, 0.2) is 28.6 Å². The lowest BCUT2D eigenvalue weighted by molar-refractivity contribution is -0.347. The number of hydrogen-bond acceptors (Lipinski definition) is 8. The van der Waals surface area contributed by atoms with Gasteiger partial charge in [-0.2, -0.15) is 10.5 Å². The van der Waals surface area contributed by atoms with Gasteiger partial charge in [-0.05, 0) is 41.5 Å². The Morgan fingerprint density at radius 3 is 1.32 bits per heavy atom. The summed E-state index contributed by atoms with van der Waals surface area (Å²) in [5.74, 6) is -2.28. The molecule has 0 bridgehead atoms. The highest BCUT2D eigenvalue weighted by molar-refractivity contribution is 6.18. The molecule has 0 radical (unpaired) electrons. The fourth-order valence-corrected chi connectivity index (χ4v) is 5.89. The monoisotopic (exact) mass is 518 g/mol. The fraction of sp³-hybridized carbons (Fsp3) is 0.917. The topological polar surface area (TPSA) is 103 Å². The molecule has 0 aromatic heterocycles. The summed E-state index contributed by atoms with van der Waals surface area (Å²) in [7, 11) is 0. The maximum Gasteiger partial charge on any atom is 0.165 e. The molecule has 10 heteroatoms. The predicted molar refractivity (Wildman–Crippen MR) is 125 cm³/mol. The number of nitriles is 2. The van der Waals surface area contributed by atoms with Gasteiger partial charge in [-0.25, -0.2) is 0 Å². The average molecular weight is 519 g/mol. The Morgan fingerprint density at radius 1 is 0.647 bits per heavy atom. The van der Waals surface area contributed by atoms with Gasteiger partial charge in [0.25, 0.3) is 0 Å². The van der Waals surface area contributed by atoms with Gasteiger partial charge in [0.1, 0.15) is 0 Å². The molecule has 0 aromatic rings. The highest BCUT2D eigenvalue weighted by Crippen LogP contribution is 2.43. The first-order chi connectivity index (χ1) is 15.7. The summed E-state index contributed by atoms with van der Waals surface area (Å²) in [6.45, 7) is 10.8. The molecule has 0 saturated carbocycles. The number of nitrogens with zero attached hydrogens (tertiary/aromatic N) is 2. The number of halogens is 2. The van der Waals surface area contributed by atoms with E-state index in [-0.39, 0.29) is 36.2 Å². The largest absolute Gasteiger partial charge is 0.347 e. The van der Waals surface area contributed by atoms with Crippen molar-refractivity contribution in [2.75, 3.05) is 11.8 Å². The van der Waals surface area contributed by atoms with Gasteiger partial charge in [-0.15, -0.1) is 23.2 Å². The average Bonchev–Trinajstić information content (AvgIpc) is 2.69. The van der Waals surface area contributed by atoms with E-state index < -0.39 is 28.6 Å². The van der Waals surface area contributed by atoms with Crippen LogP contribution in [0.1, 0.15) is 73.6 Å². The molecule has 0 aliphatic carbocycles. The highest BCUT2D eigenvalue weighted by Gasteiger charge is 2.52. The Hall–Kier alpha value is -0.680. The SMILES string of the molecule is CC1(C)OC(C[C@]2(C#N)C[C@H](CCl)OC(C)(C)O2)C[C@@H](C[C@]2(C#N)C[C@H](CCl)OC(C)(C)O2)O1. The van der Waals surface area contributed by atoms with E-state index in [1.54, 1.807) is 27.7 Å². The molecular weight excluding hydrogens is 483 g/mol. The van der Waals surface area contributed by atoms with Gasteiger partial charge in [-0.1, -0.05) is 0 Å². The Morgan fingerprint density at radius 2 is 1.00 bits per heavy atom. The van der Waals surface area contributed by atoms with Crippen molar-refractivity contribution in [2.45, 2.75) is 127 Å². The van der Waals surface area contributed by atoms with Gasteiger partial charge in [0.2, 0.25) is 0 Å². The summed E-state index contributed by atoms with van der Waals surface area (Å²) >= 11 is 12.2. The summed E-state index contributed by atoms with van der Waals surface area (Å²) in [5, 5.41) is 20.2. The highest BCUT2D eigenvalue weighted by atomic mass is 35.5. The van der Waals surface area contributed by atoms with Gasteiger partial charge < -0.3 is 28.4 Å². The first kappa shape index (κ1) is 27.9. The molecule has 3 saturated heterocycles. The van der Waals surface area contributed by atoms with Crippen molar-refractivity contribution in [1.82, 2.24) is 0 Å². The van der Waals surface area contributed by atoms with Crippen LogP contribution in [-0.4, -0.2) is 64.7 Å². The van der Waals surface area contributed by atoms with Crippen molar-refractivity contribution in [3.63, 3.8) is 0 Å². The first-order valence-corrected chi connectivity index (χ1v) is 12.8. The minimum atomic E-state index is -1.11. The zero-order valence-electron chi connectivity index (χ0n) is 20.9. The van der Waals surface area contributed by atoms with Crippen molar-refractivity contribution < 1.29 is 28.4 Å². The van der Waals surface area contributed by atoms with E-state index in [1.807, 2.05) is 13.8 Å². The van der Waals surface area contributed by atoms with Crippen molar-refractivity contribution in [2.24, 2.45) is 0 Å². The molecule has 34 heavy (non-hydrogen) atoms. The van der Waals surface area contributed by atoms with E-state index in [0.717, 1.165) is 0 Å². The van der Waals surface area contributed by atoms with Crippen LogP contribution in [0, 0.1) is 22.7 Å². The maximum absolute atomic E-state index is 10.1. The van der Waals surface area contributed by atoms with E-state index in [1.165, 1.54) is 0 Å². The smallest absolute Gasteiger partial charge is 0.165 e. The lowest BCUT2D eigenvalue weighted by Crippen LogP contribution is -2.57. The predicted octanol–water partition coefficient (Wildman–Crippen LogP) is 4.76. The fourth-order valence-electron chi connectivity index (χ4n) is 5.55. The molecule has 3 heterocycles. The van der Waals surface area contributed by atoms with Crippen LogP contribution >= 0.6 is 23.2 Å².